The fraction of sp³-hybridized carbons (Fsp3) is 0.0556. The summed E-state index contributed by atoms with van der Waals surface area (Å²) in [5, 5.41) is 22.4. The van der Waals surface area contributed by atoms with Crippen molar-refractivity contribution in [2.45, 2.75) is 0 Å². The molecule has 3 nitrogen and oxygen atoms in total. The van der Waals surface area contributed by atoms with E-state index >= 15 is 0 Å². The number of phenolic OH excluding ortho intramolecular Hbond substituents is 1. The van der Waals surface area contributed by atoms with E-state index in [2.05, 4.69) is 5.32 Å². The third-order valence-electron chi connectivity index (χ3n) is 3.22. The van der Waals surface area contributed by atoms with Crippen LogP contribution < -0.4 is 5.32 Å². The van der Waals surface area contributed by atoms with Crippen molar-refractivity contribution in [3.63, 3.8) is 0 Å². The number of halogens is 1. The van der Waals surface area contributed by atoms with Gasteiger partial charge in [0.25, 0.3) is 0 Å². The van der Waals surface area contributed by atoms with Gasteiger partial charge < -0.3 is 15.8 Å². The molecule has 4 heteroatoms. The molecule has 3 N–H and O–H groups in total. The summed E-state index contributed by atoms with van der Waals surface area (Å²) >= 11 is 5.64. The second-order valence-corrected chi connectivity index (χ2v) is 5.06. The van der Waals surface area contributed by atoms with Gasteiger partial charge in [0, 0.05) is 29.5 Å². The fourth-order valence-electron chi connectivity index (χ4n) is 2.05. The third kappa shape index (κ3) is 3.77. The Labute approximate surface area is 134 Å². The number of aromatic hydroxyl groups is 1. The highest BCUT2D eigenvalue weighted by Gasteiger charge is 2.02. The predicted octanol–water partition coefficient (Wildman–Crippen LogP) is 4.92. The number of hydrogen-bond donors (Lipinski definition) is 3. The second kappa shape index (κ2) is 7.48. The van der Waals surface area contributed by atoms with E-state index in [1.807, 2.05) is 61.6 Å². The van der Waals surface area contributed by atoms with Crippen LogP contribution in [0.25, 0.3) is 10.8 Å². The van der Waals surface area contributed by atoms with Crippen LogP contribution in [0.3, 0.4) is 0 Å². The van der Waals surface area contributed by atoms with Crippen LogP contribution >= 0.6 is 11.6 Å². The maximum absolute atomic E-state index is 9.46. The average Bonchev–Trinajstić information content (AvgIpc) is 2.56. The van der Waals surface area contributed by atoms with Crippen LogP contribution in [0.2, 0.25) is 5.02 Å². The lowest BCUT2D eigenvalue weighted by Gasteiger charge is -2.03. The first-order valence-electron chi connectivity index (χ1n) is 6.80. The number of fused-ring (bicyclic) bond motifs is 1. The molecule has 0 amide bonds. The van der Waals surface area contributed by atoms with E-state index < -0.39 is 0 Å². The molecule has 3 rings (SSSR count). The average molecular weight is 313 g/mol. The lowest BCUT2D eigenvalue weighted by atomic mass is 10.0. The highest BCUT2D eigenvalue weighted by molar-refractivity contribution is 6.30. The molecule has 0 saturated heterocycles. The normalized spacial score (nSPS) is 9.73. The minimum absolute atomic E-state index is 0.161. The van der Waals surface area contributed by atoms with Crippen molar-refractivity contribution < 1.29 is 5.11 Å². The van der Waals surface area contributed by atoms with E-state index in [0.29, 0.717) is 5.56 Å². The van der Waals surface area contributed by atoms with Crippen molar-refractivity contribution in [3.8, 4) is 5.75 Å². The van der Waals surface area contributed by atoms with Crippen molar-refractivity contribution >= 4 is 34.3 Å². The van der Waals surface area contributed by atoms with Gasteiger partial charge in [-0.05, 0) is 41.1 Å². The number of phenols is 1. The maximum atomic E-state index is 9.46. The summed E-state index contributed by atoms with van der Waals surface area (Å²) in [6.45, 7) is 0. The van der Waals surface area contributed by atoms with Crippen molar-refractivity contribution in [1.82, 2.24) is 0 Å². The topological polar surface area (TPSA) is 56.1 Å². The highest BCUT2D eigenvalue weighted by atomic mass is 35.5. The first-order chi connectivity index (χ1) is 10.7. The summed E-state index contributed by atoms with van der Waals surface area (Å²) in [6.07, 6.45) is 1.18. The zero-order valence-corrected chi connectivity index (χ0v) is 12.9. The van der Waals surface area contributed by atoms with E-state index in [1.165, 1.54) is 6.21 Å². The summed E-state index contributed by atoms with van der Waals surface area (Å²) in [6, 6.07) is 18.7. The molecule has 0 radical (unpaired) electrons. The van der Waals surface area contributed by atoms with E-state index in [1.54, 1.807) is 6.07 Å². The second-order valence-electron chi connectivity index (χ2n) is 4.62. The molecule has 0 aliphatic heterocycles. The Kier molecular flexibility index (Phi) is 5.39. The molecular weight excluding hydrogens is 296 g/mol. The van der Waals surface area contributed by atoms with Gasteiger partial charge in [0.2, 0.25) is 0 Å². The van der Waals surface area contributed by atoms with Gasteiger partial charge in [0.1, 0.15) is 5.75 Å². The smallest absolute Gasteiger partial charge is 0.124 e. The molecule has 0 fully saturated rings. The number of benzene rings is 3. The Morgan fingerprint density at radius 1 is 1.00 bits per heavy atom. The van der Waals surface area contributed by atoms with Crippen molar-refractivity contribution in [2.75, 3.05) is 12.4 Å². The Bertz CT molecular complexity index is 770. The SMILES string of the molecule is CNc1ccc(Cl)cc1.N=Cc1c(O)ccc2ccccc12. The Balaban J connectivity index is 0.000000172. The third-order valence-corrected chi connectivity index (χ3v) is 3.48. The molecule has 0 aliphatic rings. The van der Waals surface area contributed by atoms with Gasteiger partial charge >= 0.3 is 0 Å². The minimum Gasteiger partial charge on any atom is -0.507 e. The summed E-state index contributed by atoms with van der Waals surface area (Å²) in [7, 11) is 1.88. The Hall–Kier alpha value is -2.52. The molecule has 0 unspecified atom stereocenters. The maximum Gasteiger partial charge on any atom is 0.124 e. The summed E-state index contributed by atoms with van der Waals surface area (Å²) in [4.78, 5) is 0. The monoisotopic (exact) mass is 312 g/mol. The zero-order chi connectivity index (χ0) is 15.9. The largest absolute Gasteiger partial charge is 0.507 e. The zero-order valence-electron chi connectivity index (χ0n) is 12.2. The first kappa shape index (κ1) is 15.9. The van der Waals surface area contributed by atoms with Crippen LogP contribution in [-0.2, 0) is 0 Å². The highest BCUT2D eigenvalue weighted by Crippen LogP contribution is 2.24. The number of anilines is 1. The molecule has 0 bridgehead atoms. The standard InChI is InChI=1S/C11H9NO.C7H8ClN/c12-7-10-9-4-2-1-3-8(9)5-6-11(10)13;1-9-7-4-2-6(8)3-5-7/h1-7,12-13H;2-5,9H,1H3. The lowest BCUT2D eigenvalue weighted by molar-refractivity contribution is 0.475. The van der Waals surface area contributed by atoms with Gasteiger partial charge in [-0.2, -0.15) is 0 Å². The van der Waals surface area contributed by atoms with Gasteiger partial charge in [-0.25, -0.2) is 0 Å². The van der Waals surface area contributed by atoms with Crippen LogP contribution in [0.4, 0.5) is 5.69 Å². The van der Waals surface area contributed by atoms with Gasteiger partial charge in [0.15, 0.2) is 0 Å². The summed E-state index contributed by atoms with van der Waals surface area (Å²) in [5.74, 6) is 0.161. The van der Waals surface area contributed by atoms with Crippen molar-refractivity contribution in [1.29, 1.82) is 5.41 Å². The molecule has 0 atom stereocenters. The summed E-state index contributed by atoms with van der Waals surface area (Å²) in [5.41, 5.74) is 1.66. The van der Waals surface area contributed by atoms with E-state index in [9.17, 15) is 5.11 Å². The predicted molar refractivity (Wildman–Crippen MR) is 94.5 cm³/mol. The quantitative estimate of drug-likeness (QED) is 0.588. The number of rotatable bonds is 2. The van der Waals surface area contributed by atoms with Crippen molar-refractivity contribution in [3.05, 3.63) is 71.2 Å². The molecule has 0 heterocycles. The molecule has 3 aromatic carbocycles. The van der Waals surface area contributed by atoms with Crippen LogP contribution in [0.15, 0.2) is 60.7 Å². The van der Waals surface area contributed by atoms with Crippen LogP contribution in [0.5, 0.6) is 5.75 Å². The Morgan fingerprint density at radius 2 is 1.68 bits per heavy atom. The molecule has 0 aromatic heterocycles. The van der Waals surface area contributed by atoms with Gasteiger partial charge in [-0.3, -0.25) is 0 Å². The van der Waals surface area contributed by atoms with Gasteiger partial charge in [0.05, 0.1) is 0 Å². The molecule has 0 saturated carbocycles. The fourth-order valence-corrected chi connectivity index (χ4v) is 2.18. The van der Waals surface area contributed by atoms with E-state index in [0.717, 1.165) is 21.5 Å². The molecule has 3 aromatic rings. The molecule has 0 aliphatic carbocycles. The number of nitrogens with one attached hydrogen (secondary N) is 2. The van der Waals surface area contributed by atoms with Crippen LogP contribution in [-0.4, -0.2) is 18.4 Å². The summed E-state index contributed by atoms with van der Waals surface area (Å²) < 4.78 is 0. The minimum atomic E-state index is 0.161. The van der Waals surface area contributed by atoms with Crippen LogP contribution in [0.1, 0.15) is 5.56 Å². The Morgan fingerprint density at radius 3 is 2.32 bits per heavy atom. The lowest BCUT2D eigenvalue weighted by Crippen LogP contribution is -1.84. The van der Waals surface area contributed by atoms with Crippen LogP contribution in [0, 0.1) is 5.41 Å². The van der Waals surface area contributed by atoms with Gasteiger partial charge in [-0.15, -0.1) is 0 Å². The van der Waals surface area contributed by atoms with Gasteiger partial charge in [-0.1, -0.05) is 41.9 Å². The molecule has 0 spiro atoms. The van der Waals surface area contributed by atoms with E-state index in [4.69, 9.17) is 17.0 Å². The molecular formula is C18H17ClN2O. The van der Waals surface area contributed by atoms with E-state index in [-0.39, 0.29) is 5.75 Å². The molecule has 22 heavy (non-hydrogen) atoms. The number of hydrogen-bond acceptors (Lipinski definition) is 3. The first-order valence-corrected chi connectivity index (χ1v) is 7.18. The molecule has 112 valence electrons. The van der Waals surface area contributed by atoms with Crippen molar-refractivity contribution in [2.24, 2.45) is 0 Å².